The van der Waals surface area contributed by atoms with Gasteiger partial charge in [-0.15, -0.1) is 0 Å². The number of amides is 2. The zero-order valence-electron chi connectivity index (χ0n) is 11.8. The maximum absolute atomic E-state index is 12.0. The van der Waals surface area contributed by atoms with Gasteiger partial charge in [0.25, 0.3) is 5.91 Å². The summed E-state index contributed by atoms with van der Waals surface area (Å²) in [4.78, 5) is 23.9. The zero-order chi connectivity index (χ0) is 15.3. The summed E-state index contributed by atoms with van der Waals surface area (Å²) in [6.07, 6.45) is 3.49. The van der Waals surface area contributed by atoms with Gasteiger partial charge in [0.15, 0.2) is 0 Å². The molecule has 1 fully saturated rings. The monoisotopic (exact) mass is 353 g/mol. The van der Waals surface area contributed by atoms with E-state index < -0.39 is 5.54 Å². The van der Waals surface area contributed by atoms with Crippen molar-refractivity contribution in [2.24, 2.45) is 5.73 Å². The Balaban J connectivity index is 1.72. The Hall–Kier alpha value is -1.40. The number of benzene rings is 1. The van der Waals surface area contributed by atoms with E-state index in [1.165, 1.54) is 0 Å². The fourth-order valence-corrected chi connectivity index (χ4v) is 2.89. The second-order valence-electron chi connectivity index (χ2n) is 5.39. The molecular formula is C15H20BrN3O2. The third-order valence-electron chi connectivity index (χ3n) is 3.73. The number of nitrogens with one attached hydrogen (secondary N) is 2. The smallest absolute Gasteiger partial charge is 0.251 e. The fourth-order valence-electron chi connectivity index (χ4n) is 2.49. The van der Waals surface area contributed by atoms with Gasteiger partial charge in [-0.2, -0.15) is 0 Å². The third kappa shape index (κ3) is 4.28. The molecule has 0 heterocycles. The zero-order valence-corrected chi connectivity index (χ0v) is 13.4. The van der Waals surface area contributed by atoms with E-state index in [0.29, 0.717) is 18.7 Å². The van der Waals surface area contributed by atoms with Crippen molar-refractivity contribution in [3.05, 3.63) is 34.3 Å². The number of carbonyl (C=O) groups is 2. The molecule has 5 nitrogen and oxygen atoms in total. The highest BCUT2D eigenvalue weighted by atomic mass is 79.9. The highest BCUT2D eigenvalue weighted by molar-refractivity contribution is 9.10. The quantitative estimate of drug-likeness (QED) is 0.702. The van der Waals surface area contributed by atoms with E-state index in [0.717, 1.165) is 30.2 Å². The van der Waals surface area contributed by atoms with Crippen LogP contribution in [0.4, 0.5) is 0 Å². The van der Waals surface area contributed by atoms with Crippen molar-refractivity contribution in [1.82, 2.24) is 10.6 Å². The molecule has 114 valence electrons. The molecule has 2 amide bonds. The summed E-state index contributed by atoms with van der Waals surface area (Å²) in [6, 6.07) is 7.16. The molecule has 21 heavy (non-hydrogen) atoms. The van der Waals surface area contributed by atoms with Gasteiger partial charge >= 0.3 is 0 Å². The minimum atomic E-state index is -0.714. The first kappa shape index (κ1) is 16.0. The molecule has 0 radical (unpaired) electrons. The molecule has 0 aliphatic heterocycles. The first-order valence-electron chi connectivity index (χ1n) is 7.12. The number of rotatable bonds is 5. The topological polar surface area (TPSA) is 84.2 Å². The van der Waals surface area contributed by atoms with Crippen molar-refractivity contribution >= 4 is 27.7 Å². The first-order valence-corrected chi connectivity index (χ1v) is 7.91. The second-order valence-corrected chi connectivity index (χ2v) is 6.30. The highest BCUT2D eigenvalue weighted by Gasteiger charge is 2.36. The maximum atomic E-state index is 12.0. The van der Waals surface area contributed by atoms with Crippen molar-refractivity contribution in [1.29, 1.82) is 0 Å². The standard InChI is InChI=1S/C15H20BrN3O2/c16-12-5-3-4-11(10-12)13(20)18-8-9-19-14(21)15(17)6-1-2-7-15/h3-5,10H,1-2,6-9,17H2,(H,18,20)(H,19,21). The molecule has 0 spiro atoms. The minimum absolute atomic E-state index is 0.114. The van der Waals surface area contributed by atoms with Crippen LogP contribution < -0.4 is 16.4 Å². The summed E-state index contributed by atoms with van der Waals surface area (Å²) in [6.45, 7) is 0.769. The minimum Gasteiger partial charge on any atom is -0.353 e. The van der Waals surface area contributed by atoms with E-state index in [-0.39, 0.29) is 11.8 Å². The van der Waals surface area contributed by atoms with E-state index in [4.69, 9.17) is 5.73 Å². The highest BCUT2D eigenvalue weighted by Crippen LogP contribution is 2.26. The lowest BCUT2D eigenvalue weighted by Gasteiger charge is -2.22. The van der Waals surface area contributed by atoms with Crippen LogP contribution in [0.1, 0.15) is 36.0 Å². The molecule has 0 unspecified atom stereocenters. The van der Waals surface area contributed by atoms with E-state index in [1.54, 1.807) is 18.2 Å². The number of carbonyl (C=O) groups excluding carboxylic acids is 2. The molecule has 1 aliphatic carbocycles. The van der Waals surface area contributed by atoms with Crippen LogP contribution in [-0.2, 0) is 4.79 Å². The van der Waals surface area contributed by atoms with Crippen LogP contribution in [0, 0.1) is 0 Å². The second kappa shape index (κ2) is 7.04. The Morgan fingerprint density at radius 2 is 1.86 bits per heavy atom. The van der Waals surface area contributed by atoms with Gasteiger partial charge in [0.2, 0.25) is 5.91 Å². The Morgan fingerprint density at radius 1 is 1.19 bits per heavy atom. The average Bonchev–Trinajstić information content (AvgIpc) is 2.91. The van der Waals surface area contributed by atoms with Crippen LogP contribution in [0.5, 0.6) is 0 Å². The summed E-state index contributed by atoms with van der Waals surface area (Å²) < 4.78 is 0.856. The van der Waals surface area contributed by atoms with Crippen LogP contribution >= 0.6 is 15.9 Å². The van der Waals surface area contributed by atoms with Crippen molar-refractivity contribution in [2.75, 3.05) is 13.1 Å². The molecule has 1 aromatic carbocycles. The van der Waals surface area contributed by atoms with Gasteiger partial charge in [0.1, 0.15) is 0 Å². The largest absolute Gasteiger partial charge is 0.353 e. The molecule has 0 saturated heterocycles. The Kier molecular flexibility index (Phi) is 5.36. The van der Waals surface area contributed by atoms with Crippen LogP contribution in [0.3, 0.4) is 0 Å². The number of hydrogen-bond acceptors (Lipinski definition) is 3. The summed E-state index contributed by atoms with van der Waals surface area (Å²) in [5.74, 6) is -0.273. The van der Waals surface area contributed by atoms with E-state index in [9.17, 15) is 9.59 Å². The molecule has 0 bridgehead atoms. The predicted molar refractivity (Wildman–Crippen MR) is 84.9 cm³/mol. The summed E-state index contributed by atoms with van der Waals surface area (Å²) >= 11 is 3.32. The van der Waals surface area contributed by atoms with Gasteiger partial charge in [-0.3, -0.25) is 9.59 Å². The lowest BCUT2D eigenvalue weighted by molar-refractivity contribution is -0.126. The van der Waals surface area contributed by atoms with Crippen LogP contribution in [0.15, 0.2) is 28.7 Å². The Morgan fingerprint density at radius 3 is 2.52 bits per heavy atom. The summed E-state index contributed by atoms with van der Waals surface area (Å²) in [5, 5.41) is 5.56. The first-order chi connectivity index (χ1) is 10.0. The van der Waals surface area contributed by atoms with Gasteiger partial charge in [-0.1, -0.05) is 34.8 Å². The molecule has 0 atom stereocenters. The Labute approximate surface area is 132 Å². The number of hydrogen-bond donors (Lipinski definition) is 3. The van der Waals surface area contributed by atoms with Gasteiger partial charge in [0, 0.05) is 23.1 Å². The van der Waals surface area contributed by atoms with Crippen LogP contribution in [0.2, 0.25) is 0 Å². The van der Waals surface area contributed by atoms with Gasteiger partial charge in [-0.05, 0) is 31.0 Å². The molecule has 1 saturated carbocycles. The van der Waals surface area contributed by atoms with Crippen LogP contribution in [-0.4, -0.2) is 30.4 Å². The molecular weight excluding hydrogens is 334 g/mol. The van der Waals surface area contributed by atoms with E-state index in [1.807, 2.05) is 6.07 Å². The number of nitrogens with two attached hydrogens (primary N) is 1. The van der Waals surface area contributed by atoms with Gasteiger partial charge < -0.3 is 16.4 Å². The van der Waals surface area contributed by atoms with E-state index >= 15 is 0 Å². The molecule has 2 rings (SSSR count). The average molecular weight is 354 g/mol. The maximum Gasteiger partial charge on any atom is 0.251 e. The van der Waals surface area contributed by atoms with Gasteiger partial charge in [-0.25, -0.2) is 0 Å². The van der Waals surface area contributed by atoms with E-state index in [2.05, 4.69) is 26.6 Å². The predicted octanol–water partition coefficient (Wildman–Crippen LogP) is 1.57. The summed E-state index contributed by atoms with van der Waals surface area (Å²) in [7, 11) is 0. The molecule has 0 aromatic heterocycles. The normalized spacial score (nSPS) is 16.5. The molecule has 4 N–H and O–H groups in total. The summed E-state index contributed by atoms with van der Waals surface area (Å²) in [5.41, 5.74) is 5.92. The molecule has 1 aromatic rings. The fraction of sp³-hybridized carbons (Fsp3) is 0.467. The lowest BCUT2D eigenvalue weighted by Crippen LogP contribution is -2.53. The lowest BCUT2D eigenvalue weighted by atomic mass is 9.98. The van der Waals surface area contributed by atoms with Crippen molar-refractivity contribution in [2.45, 2.75) is 31.2 Å². The number of halogens is 1. The third-order valence-corrected chi connectivity index (χ3v) is 4.22. The van der Waals surface area contributed by atoms with Gasteiger partial charge in [0.05, 0.1) is 5.54 Å². The molecule has 6 heteroatoms. The SMILES string of the molecule is NC1(C(=O)NCCNC(=O)c2cccc(Br)c2)CCCC1. The van der Waals surface area contributed by atoms with Crippen molar-refractivity contribution in [3.63, 3.8) is 0 Å². The van der Waals surface area contributed by atoms with Crippen molar-refractivity contribution in [3.8, 4) is 0 Å². The van der Waals surface area contributed by atoms with Crippen LogP contribution in [0.25, 0.3) is 0 Å². The Bertz CT molecular complexity index is 527. The molecule has 1 aliphatic rings. The van der Waals surface area contributed by atoms with Crippen molar-refractivity contribution < 1.29 is 9.59 Å².